The molecule has 0 radical (unpaired) electrons. The van der Waals surface area contributed by atoms with E-state index >= 15 is 0 Å². The van der Waals surface area contributed by atoms with Gasteiger partial charge in [-0.2, -0.15) is 0 Å². The zero-order valence-electron chi connectivity index (χ0n) is 13.0. The highest BCUT2D eigenvalue weighted by molar-refractivity contribution is 5.94. The van der Waals surface area contributed by atoms with Crippen molar-refractivity contribution >= 4 is 11.9 Å². The van der Waals surface area contributed by atoms with Crippen molar-refractivity contribution in [2.75, 3.05) is 0 Å². The Bertz CT molecular complexity index is 480. The predicted octanol–water partition coefficient (Wildman–Crippen LogP) is 2.81. The van der Waals surface area contributed by atoms with Gasteiger partial charge in [-0.15, -0.1) is 0 Å². The van der Waals surface area contributed by atoms with E-state index in [1.54, 1.807) is 13.0 Å². The number of carboxylic acid groups (broad SMARTS) is 1. The summed E-state index contributed by atoms with van der Waals surface area (Å²) in [5.74, 6) is -1.43. The minimum Gasteiger partial charge on any atom is -0.480 e. The van der Waals surface area contributed by atoms with Gasteiger partial charge in [0.25, 0.3) is 5.91 Å². The molecule has 0 aliphatic rings. The minimum absolute atomic E-state index is 0.0615. The van der Waals surface area contributed by atoms with Crippen molar-refractivity contribution in [2.24, 2.45) is 5.92 Å². The molecule has 0 bridgehead atoms. The number of carbonyl (C=O) groups excluding carboxylic acids is 1. The number of hydrogen-bond donors (Lipinski definition) is 2. The quantitative estimate of drug-likeness (QED) is 0.769. The number of aliphatic carboxylic acids is 1. The van der Waals surface area contributed by atoms with Crippen LogP contribution >= 0.6 is 0 Å². The Hall–Kier alpha value is -1.85. The van der Waals surface area contributed by atoms with Crippen LogP contribution in [-0.2, 0) is 4.79 Å². The topological polar surface area (TPSA) is 92.4 Å². The fourth-order valence-electron chi connectivity index (χ4n) is 2.19. The molecule has 0 spiro atoms. The van der Waals surface area contributed by atoms with E-state index in [-0.39, 0.29) is 17.6 Å². The van der Waals surface area contributed by atoms with Crippen LogP contribution in [0.2, 0.25) is 0 Å². The van der Waals surface area contributed by atoms with Crippen LogP contribution in [0.4, 0.5) is 0 Å². The SMILES string of the molecule is CCC(CC)c1cc(C(=O)NC(C(=O)O)C(C)CC)on1. The van der Waals surface area contributed by atoms with Crippen molar-refractivity contribution < 1.29 is 19.2 Å². The molecule has 1 amide bonds. The third-order valence-electron chi connectivity index (χ3n) is 3.92. The molecule has 0 saturated heterocycles. The molecule has 6 heteroatoms. The summed E-state index contributed by atoms with van der Waals surface area (Å²) in [4.78, 5) is 23.3. The predicted molar refractivity (Wildman–Crippen MR) is 78.2 cm³/mol. The molecule has 0 aliphatic heterocycles. The second-order valence-corrected chi connectivity index (χ2v) is 5.30. The Labute approximate surface area is 124 Å². The van der Waals surface area contributed by atoms with Gasteiger partial charge in [0.1, 0.15) is 6.04 Å². The summed E-state index contributed by atoms with van der Waals surface area (Å²) in [7, 11) is 0. The van der Waals surface area contributed by atoms with Crippen LogP contribution in [-0.4, -0.2) is 28.2 Å². The zero-order chi connectivity index (χ0) is 16.0. The Morgan fingerprint density at radius 3 is 2.38 bits per heavy atom. The first-order chi connectivity index (χ1) is 9.94. The van der Waals surface area contributed by atoms with E-state index in [1.165, 1.54) is 0 Å². The first-order valence-electron chi connectivity index (χ1n) is 7.44. The lowest BCUT2D eigenvalue weighted by atomic mass is 9.98. The van der Waals surface area contributed by atoms with Crippen molar-refractivity contribution in [3.63, 3.8) is 0 Å². The normalized spacial score (nSPS) is 14.0. The standard InChI is InChI=1S/C15H24N2O4/c1-5-9(4)13(15(19)20)16-14(18)12-8-11(17-21-12)10(6-2)7-3/h8-10,13H,5-7H2,1-4H3,(H,16,18)(H,19,20). The fourth-order valence-corrected chi connectivity index (χ4v) is 2.19. The van der Waals surface area contributed by atoms with Crippen LogP contribution < -0.4 is 5.32 Å². The second-order valence-electron chi connectivity index (χ2n) is 5.30. The minimum atomic E-state index is -1.04. The van der Waals surface area contributed by atoms with E-state index in [0.717, 1.165) is 18.5 Å². The summed E-state index contributed by atoms with van der Waals surface area (Å²) in [6.07, 6.45) is 2.48. The number of amides is 1. The molecular weight excluding hydrogens is 272 g/mol. The van der Waals surface area contributed by atoms with Crippen LogP contribution in [0.25, 0.3) is 0 Å². The van der Waals surface area contributed by atoms with Crippen molar-refractivity contribution in [1.82, 2.24) is 10.5 Å². The van der Waals surface area contributed by atoms with Gasteiger partial charge < -0.3 is 14.9 Å². The molecule has 0 aliphatic carbocycles. The lowest BCUT2D eigenvalue weighted by molar-refractivity contribution is -0.140. The molecule has 118 valence electrons. The van der Waals surface area contributed by atoms with Crippen LogP contribution in [0.15, 0.2) is 10.6 Å². The number of rotatable bonds is 8. The lowest BCUT2D eigenvalue weighted by Crippen LogP contribution is -2.44. The molecule has 0 saturated carbocycles. The monoisotopic (exact) mass is 296 g/mol. The fraction of sp³-hybridized carbons (Fsp3) is 0.667. The van der Waals surface area contributed by atoms with E-state index in [4.69, 9.17) is 4.52 Å². The largest absolute Gasteiger partial charge is 0.480 e. The number of hydrogen-bond acceptors (Lipinski definition) is 4. The lowest BCUT2D eigenvalue weighted by Gasteiger charge is -2.19. The average molecular weight is 296 g/mol. The van der Waals surface area contributed by atoms with Crippen LogP contribution in [0.5, 0.6) is 0 Å². The summed E-state index contributed by atoms with van der Waals surface area (Å²) in [6.45, 7) is 7.76. The van der Waals surface area contributed by atoms with Crippen LogP contribution in [0.1, 0.15) is 69.1 Å². The summed E-state index contributed by atoms with van der Waals surface area (Å²) in [6, 6.07) is 0.673. The van der Waals surface area contributed by atoms with E-state index < -0.39 is 17.9 Å². The van der Waals surface area contributed by atoms with E-state index in [1.807, 2.05) is 20.8 Å². The molecular formula is C15H24N2O4. The van der Waals surface area contributed by atoms with E-state index in [9.17, 15) is 14.7 Å². The van der Waals surface area contributed by atoms with Crippen molar-refractivity contribution in [3.8, 4) is 0 Å². The number of nitrogens with zero attached hydrogens (tertiary/aromatic N) is 1. The average Bonchev–Trinajstić information content (AvgIpc) is 2.94. The van der Waals surface area contributed by atoms with Crippen LogP contribution in [0, 0.1) is 5.92 Å². The number of carboxylic acids is 1. The summed E-state index contributed by atoms with van der Waals surface area (Å²) in [5.41, 5.74) is 0.737. The van der Waals surface area contributed by atoms with E-state index in [0.29, 0.717) is 6.42 Å². The highest BCUT2D eigenvalue weighted by Crippen LogP contribution is 2.22. The molecule has 2 atom stereocenters. The van der Waals surface area contributed by atoms with Gasteiger partial charge in [-0.1, -0.05) is 39.3 Å². The van der Waals surface area contributed by atoms with Gasteiger partial charge in [0, 0.05) is 12.0 Å². The van der Waals surface area contributed by atoms with Gasteiger partial charge in [-0.3, -0.25) is 4.79 Å². The molecule has 2 unspecified atom stereocenters. The van der Waals surface area contributed by atoms with Crippen molar-refractivity contribution in [3.05, 3.63) is 17.5 Å². The molecule has 1 aromatic rings. The number of aromatic nitrogens is 1. The van der Waals surface area contributed by atoms with Crippen LogP contribution in [0.3, 0.4) is 0 Å². The smallest absolute Gasteiger partial charge is 0.326 e. The Morgan fingerprint density at radius 2 is 1.90 bits per heavy atom. The third kappa shape index (κ3) is 4.31. The maximum absolute atomic E-state index is 12.1. The molecule has 1 heterocycles. The molecule has 0 fully saturated rings. The van der Waals surface area contributed by atoms with Gasteiger partial charge in [-0.25, -0.2) is 4.79 Å². The summed E-state index contributed by atoms with van der Waals surface area (Å²) >= 11 is 0. The molecule has 21 heavy (non-hydrogen) atoms. The zero-order valence-corrected chi connectivity index (χ0v) is 13.0. The van der Waals surface area contributed by atoms with Gasteiger partial charge in [0.2, 0.25) is 5.76 Å². The van der Waals surface area contributed by atoms with Gasteiger partial charge in [-0.05, 0) is 18.8 Å². The van der Waals surface area contributed by atoms with Gasteiger partial charge in [0.05, 0.1) is 5.69 Å². The summed E-state index contributed by atoms with van der Waals surface area (Å²) in [5, 5.41) is 15.6. The highest BCUT2D eigenvalue weighted by atomic mass is 16.5. The first-order valence-corrected chi connectivity index (χ1v) is 7.44. The highest BCUT2D eigenvalue weighted by Gasteiger charge is 2.27. The summed E-state index contributed by atoms with van der Waals surface area (Å²) < 4.78 is 5.05. The van der Waals surface area contributed by atoms with E-state index in [2.05, 4.69) is 10.5 Å². The maximum Gasteiger partial charge on any atom is 0.326 e. The first kappa shape index (κ1) is 17.2. The van der Waals surface area contributed by atoms with Gasteiger partial charge in [0.15, 0.2) is 0 Å². The molecule has 1 rings (SSSR count). The second kappa shape index (κ2) is 7.81. The number of carbonyl (C=O) groups is 2. The molecule has 6 nitrogen and oxygen atoms in total. The third-order valence-corrected chi connectivity index (χ3v) is 3.92. The molecule has 2 N–H and O–H groups in total. The Kier molecular flexibility index (Phi) is 6.39. The Morgan fingerprint density at radius 1 is 1.29 bits per heavy atom. The molecule has 1 aromatic heterocycles. The Balaban J connectivity index is 2.81. The van der Waals surface area contributed by atoms with Crippen molar-refractivity contribution in [2.45, 2.75) is 58.9 Å². The van der Waals surface area contributed by atoms with Crippen molar-refractivity contribution in [1.29, 1.82) is 0 Å². The molecule has 0 aromatic carbocycles. The van der Waals surface area contributed by atoms with Gasteiger partial charge >= 0.3 is 5.97 Å². The number of nitrogens with one attached hydrogen (secondary N) is 1. The maximum atomic E-state index is 12.1.